The van der Waals surface area contributed by atoms with Crippen molar-refractivity contribution in [2.45, 2.75) is 18.1 Å². The fourth-order valence-electron chi connectivity index (χ4n) is 2.37. The summed E-state index contributed by atoms with van der Waals surface area (Å²) in [4.78, 5) is 2.21. The molecule has 0 bridgehead atoms. The Morgan fingerprint density at radius 1 is 1.22 bits per heavy atom. The van der Waals surface area contributed by atoms with Crippen LogP contribution in [0.4, 0.5) is 5.69 Å². The van der Waals surface area contributed by atoms with E-state index in [-0.39, 0.29) is 12.2 Å². The predicted octanol–water partition coefficient (Wildman–Crippen LogP) is 2.93. The lowest BCUT2D eigenvalue weighted by Gasteiger charge is -2.21. The minimum absolute atomic E-state index is 0.0807. The molecule has 2 unspecified atom stereocenters. The molecule has 0 spiro atoms. The van der Waals surface area contributed by atoms with E-state index in [0.717, 1.165) is 24.3 Å². The van der Waals surface area contributed by atoms with Gasteiger partial charge in [-0.15, -0.1) is 11.6 Å². The third-order valence-electron chi connectivity index (χ3n) is 3.39. The first-order valence-electron chi connectivity index (χ1n) is 5.85. The Balaban J connectivity index is 2.25. The van der Waals surface area contributed by atoms with Gasteiger partial charge in [-0.2, -0.15) is 0 Å². The molecule has 1 saturated heterocycles. The first-order chi connectivity index (χ1) is 8.71. The Labute approximate surface area is 118 Å². The zero-order chi connectivity index (χ0) is 13.1. The molecule has 18 heavy (non-hydrogen) atoms. The van der Waals surface area contributed by atoms with Crippen molar-refractivity contribution in [1.82, 2.24) is 0 Å². The van der Waals surface area contributed by atoms with Crippen molar-refractivity contribution in [2.75, 3.05) is 32.2 Å². The Bertz CT molecular complexity index is 402. The maximum absolute atomic E-state index is 6.17. The highest BCUT2D eigenvalue weighted by Gasteiger charge is 2.33. The fourth-order valence-corrected chi connectivity index (χ4v) is 2.95. The summed E-state index contributed by atoms with van der Waals surface area (Å²) in [6, 6.07) is 5.84. The molecule has 1 heterocycles. The summed E-state index contributed by atoms with van der Waals surface area (Å²) in [7, 11) is 3.42. The summed E-state index contributed by atoms with van der Waals surface area (Å²) in [6.07, 6.45) is 0.161. The standard InChI is InChI=1S/C13H17Cl2NO2/c1-17-12-7-16(8-13(12)18-2)11-5-3-4-10(15)9(11)6-14/h3-5,12-13H,6-8H2,1-2H3. The SMILES string of the molecule is COC1CN(c2cccc(Cl)c2CCl)CC1OC. The van der Waals surface area contributed by atoms with Crippen LogP contribution in [0.1, 0.15) is 5.56 Å². The van der Waals surface area contributed by atoms with Gasteiger partial charge in [0.1, 0.15) is 12.2 Å². The molecule has 1 aliphatic rings. The van der Waals surface area contributed by atoms with E-state index in [2.05, 4.69) is 4.90 Å². The number of nitrogens with zero attached hydrogens (tertiary/aromatic N) is 1. The molecule has 100 valence electrons. The van der Waals surface area contributed by atoms with E-state index in [1.165, 1.54) is 0 Å². The van der Waals surface area contributed by atoms with Crippen LogP contribution in [0.3, 0.4) is 0 Å². The van der Waals surface area contributed by atoms with Gasteiger partial charge < -0.3 is 14.4 Å². The number of hydrogen-bond acceptors (Lipinski definition) is 3. The summed E-state index contributed by atoms with van der Waals surface area (Å²) in [5.41, 5.74) is 2.03. The normalized spacial score (nSPS) is 23.7. The quantitative estimate of drug-likeness (QED) is 0.796. The third-order valence-corrected chi connectivity index (χ3v) is 4.01. The number of benzene rings is 1. The zero-order valence-corrected chi connectivity index (χ0v) is 12.0. The highest BCUT2D eigenvalue weighted by Crippen LogP contribution is 2.32. The molecule has 2 atom stereocenters. The maximum Gasteiger partial charge on any atom is 0.102 e. The molecular formula is C13H17Cl2NO2. The average Bonchev–Trinajstić information content (AvgIpc) is 2.81. The number of hydrogen-bond donors (Lipinski definition) is 0. The van der Waals surface area contributed by atoms with E-state index in [4.69, 9.17) is 32.7 Å². The summed E-state index contributed by atoms with van der Waals surface area (Å²) < 4.78 is 10.9. The van der Waals surface area contributed by atoms with Crippen molar-refractivity contribution in [3.05, 3.63) is 28.8 Å². The van der Waals surface area contributed by atoms with Gasteiger partial charge in [-0.1, -0.05) is 17.7 Å². The average molecular weight is 290 g/mol. The van der Waals surface area contributed by atoms with E-state index >= 15 is 0 Å². The van der Waals surface area contributed by atoms with Crippen LogP contribution in [-0.4, -0.2) is 39.5 Å². The largest absolute Gasteiger partial charge is 0.377 e. The molecule has 0 saturated carbocycles. The van der Waals surface area contributed by atoms with Gasteiger partial charge in [0.15, 0.2) is 0 Å². The van der Waals surface area contributed by atoms with Crippen LogP contribution in [0.2, 0.25) is 5.02 Å². The maximum atomic E-state index is 6.17. The topological polar surface area (TPSA) is 21.7 Å². The minimum Gasteiger partial charge on any atom is -0.377 e. The smallest absolute Gasteiger partial charge is 0.102 e. The number of halogens is 2. The molecule has 2 rings (SSSR count). The van der Waals surface area contributed by atoms with Crippen molar-refractivity contribution >= 4 is 28.9 Å². The lowest BCUT2D eigenvalue weighted by atomic mass is 10.2. The van der Waals surface area contributed by atoms with Crippen molar-refractivity contribution in [3.63, 3.8) is 0 Å². The van der Waals surface area contributed by atoms with Crippen LogP contribution in [0.5, 0.6) is 0 Å². The Morgan fingerprint density at radius 2 is 1.83 bits per heavy atom. The third kappa shape index (κ3) is 2.59. The molecule has 0 radical (unpaired) electrons. The van der Waals surface area contributed by atoms with Gasteiger partial charge in [-0.25, -0.2) is 0 Å². The van der Waals surface area contributed by atoms with Gasteiger partial charge in [0.05, 0.1) is 5.88 Å². The van der Waals surface area contributed by atoms with Crippen molar-refractivity contribution in [1.29, 1.82) is 0 Å². The fraction of sp³-hybridized carbons (Fsp3) is 0.538. The number of anilines is 1. The number of alkyl halides is 1. The van der Waals surface area contributed by atoms with Crippen LogP contribution in [0, 0.1) is 0 Å². The Hall–Kier alpha value is -0.480. The lowest BCUT2D eigenvalue weighted by Crippen LogP contribution is -2.27. The first-order valence-corrected chi connectivity index (χ1v) is 6.76. The van der Waals surface area contributed by atoms with E-state index in [0.29, 0.717) is 10.9 Å². The molecule has 5 heteroatoms. The van der Waals surface area contributed by atoms with Crippen LogP contribution < -0.4 is 4.90 Å². The second-order valence-electron chi connectivity index (χ2n) is 4.32. The summed E-state index contributed by atoms with van der Waals surface area (Å²) >= 11 is 12.2. The summed E-state index contributed by atoms with van der Waals surface area (Å²) in [6.45, 7) is 1.58. The van der Waals surface area contributed by atoms with Crippen LogP contribution >= 0.6 is 23.2 Å². The van der Waals surface area contributed by atoms with Crippen LogP contribution in [-0.2, 0) is 15.4 Å². The van der Waals surface area contributed by atoms with Crippen molar-refractivity contribution < 1.29 is 9.47 Å². The number of methoxy groups -OCH3 is 2. The first kappa shape index (κ1) is 13.9. The lowest BCUT2D eigenvalue weighted by molar-refractivity contribution is -0.00461. The van der Waals surface area contributed by atoms with Crippen LogP contribution in [0.15, 0.2) is 18.2 Å². The van der Waals surface area contributed by atoms with Gasteiger partial charge in [-0.05, 0) is 12.1 Å². The summed E-state index contributed by atoms with van der Waals surface area (Å²) in [5.74, 6) is 0.404. The monoisotopic (exact) mass is 289 g/mol. The predicted molar refractivity (Wildman–Crippen MR) is 74.8 cm³/mol. The molecule has 1 aliphatic heterocycles. The molecule has 0 aromatic heterocycles. The van der Waals surface area contributed by atoms with Crippen LogP contribution in [0.25, 0.3) is 0 Å². The van der Waals surface area contributed by atoms with Gasteiger partial charge in [0.2, 0.25) is 0 Å². The second kappa shape index (κ2) is 6.11. The molecule has 1 aromatic rings. The Kier molecular flexibility index (Phi) is 4.73. The highest BCUT2D eigenvalue weighted by atomic mass is 35.5. The summed E-state index contributed by atoms with van der Waals surface area (Å²) in [5, 5.41) is 0.706. The van der Waals surface area contributed by atoms with Gasteiger partial charge in [0, 0.05) is 43.6 Å². The molecule has 3 nitrogen and oxygen atoms in total. The van der Waals surface area contributed by atoms with Crippen molar-refractivity contribution in [2.24, 2.45) is 0 Å². The number of ether oxygens (including phenoxy) is 2. The minimum atomic E-state index is 0.0807. The number of rotatable bonds is 4. The Morgan fingerprint density at radius 3 is 2.33 bits per heavy atom. The van der Waals surface area contributed by atoms with E-state index in [9.17, 15) is 0 Å². The van der Waals surface area contributed by atoms with Gasteiger partial charge >= 0.3 is 0 Å². The van der Waals surface area contributed by atoms with E-state index < -0.39 is 0 Å². The molecule has 0 amide bonds. The van der Waals surface area contributed by atoms with Crippen molar-refractivity contribution in [3.8, 4) is 0 Å². The molecule has 0 aliphatic carbocycles. The molecule has 1 fully saturated rings. The van der Waals surface area contributed by atoms with Gasteiger partial charge in [-0.3, -0.25) is 0 Å². The molecular weight excluding hydrogens is 273 g/mol. The van der Waals surface area contributed by atoms with E-state index in [1.54, 1.807) is 14.2 Å². The van der Waals surface area contributed by atoms with Gasteiger partial charge in [0.25, 0.3) is 0 Å². The molecule has 1 aromatic carbocycles. The zero-order valence-electron chi connectivity index (χ0n) is 10.5. The highest BCUT2D eigenvalue weighted by molar-refractivity contribution is 6.32. The molecule has 0 N–H and O–H groups in total. The van der Waals surface area contributed by atoms with E-state index in [1.807, 2.05) is 18.2 Å². The second-order valence-corrected chi connectivity index (χ2v) is 5.00.